The Morgan fingerprint density at radius 3 is 2.90 bits per heavy atom. The average Bonchev–Trinajstić information content (AvgIpc) is 3.04. The molecule has 108 valence electrons. The number of nitrogens with zero attached hydrogens (tertiary/aromatic N) is 4. The highest BCUT2D eigenvalue weighted by molar-refractivity contribution is 5.88. The van der Waals surface area contributed by atoms with Crippen molar-refractivity contribution in [2.75, 3.05) is 5.32 Å². The summed E-state index contributed by atoms with van der Waals surface area (Å²) in [5.41, 5.74) is 0.597. The molecule has 0 fully saturated rings. The van der Waals surface area contributed by atoms with E-state index >= 15 is 0 Å². The highest BCUT2D eigenvalue weighted by Crippen LogP contribution is 2.19. The Kier molecular flexibility index (Phi) is 4.49. The fraction of sp³-hybridized carbons (Fsp3) is 0.538. The van der Waals surface area contributed by atoms with Crippen LogP contribution in [-0.4, -0.2) is 25.9 Å². The first-order chi connectivity index (χ1) is 9.60. The second-order valence-electron chi connectivity index (χ2n) is 4.84. The van der Waals surface area contributed by atoms with Crippen LogP contribution in [0.2, 0.25) is 0 Å². The average molecular weight is 277 g/mol. The molecule has 0 spiro atoms. The number of carbonyl (C=O) groups excluding carboxylic acids is 1. The van der Waals surface area contributed by atoms with E-state index in [0.717, 1.165) is 12.8 Å². The van der Waals surface area contributed by atoms with Crippen LogP contribution in [0.25, 0.3) is 11.6 Å². The molecule has 0 unspecified atom stereocenters. The maximum atomic E-state index is 11.6. The summed E-state index contributed by atoms with van der Waals surface area (Å²) in [6, 6.07) is 2.18. The Bertz CT molecular complexity index is 573. The van der Waals surface area contributed by atoms with Crippen LogP contribution in [0.5, 0.6) is 0 Å². The van der Waals surface area contributed by atoms with Gasteiger partial charge in [0, 0.05) is 18.7 Å². The summed E-state index contributed by atoms with van der Waals surface area (Å²) in [5.74, 6) is 0.185. The predicted molar refractivity (Wildman–Crippen MR) is 74.1 cm³/mol. The van der Waals surface area contributed by atoms with Gasteiger partial charge in [0.05, 0.1) is 0 Å². The molecule has 2 aromatic rings. The van der Waals surface area contributed by atoms with Gasteiger partial charge in [0.25, 0.3) is 5.89 Å². The van der Waals surface area contributed by atoms with Crippen LogP contribution in [0.15, 0.2) is 16.7 Å². The van der Waals surface area contributed by atoms with E-state index in [1.165, 1.54) is 0 Å². The number of hydrogen-bond donors (Lipinski definition) is 1. The molecule has 20 heavy (non-hydrogen) atoms. The minimum absolute atomic E-state index is 0.111. The lowest BCUT2D eigenvalue weighted by Crippen LogP contribution is -2.11. The minimum atomic E-state index is -0.116. The van der Waals surface area contributed by atoms with Crippen molar-refractivity contribution in [2.24, 2.45) is 0 Å². The SMILES string of the molecule is CCCCC(=O)Nc1nnc(-c2ccn(C(C)C)n2)o1. The molecule has 7 nitrogen and oxygen atoms in total. The second-order valence-corrected chi connectivity index (χ2v) is 4.84. The first-order valence-electron chi connectivity index (χ1n) is 6.79. The van der Waals surface area contributed by atoms with Gasteiger partial charge in [-0.1, -0.05) is 18.4 Å². The number of anilines is 1. The molecule has 0 saturated carbocycles. The molecule has 0 saturated heterocycles. The molecule has 0 aromatic carbocycles. The molecule has 0 aliphatic heterocycles. The van der Waals surface area contributed by atoms with Gasteiger partial charge in [-0.3, -0.25) is 14.8 Å². The Hall–Kier alpha value is -2.18. The molecule has 0 radical (unpaired) electrons. The maximum absolute atomic E-state index is 11.6. The van der Waals surface area contributed by atoms with Crippen molar-refractivity contribution in [2.45, 2.75) is 46.1 Å². The third-order valence-corrected chi connectivity index (χ3v) is 2.79. The molecule has 2 heterocycles. The van der Waals surface area contributed by atoms with E-state index in [9.17, 15) is 4.79 Å². The first-order valence-corrected chi connectivity index (χ1v) is 6.79. The van der Waals surface area contributed by atoms with Gasteiger partial charge in [0.1, 0.15) is 5.69 Å². The number of unbranched alkanes of at least 4 members (excludes halogenated alkanes) is 1. The summed E-state index contributed by atoms with van der Waals surface area (Å²) < 4.78 is 7.19. The van der Waals surface area contributed by atoms with E-state index in [4.69, 9.17) is 4.42 Å². The molecule has 2 aromatic heterocycles. The van der Waals surface area contributed by atoms with Gasteiger partial charge in [0.2, 0.25) is 5.91 Å². The molecular weight excluding hydrogens is 258 g/mol. The van der Waals surface area contributed by atoms with E-state index in [1.807, 2.05) is 27.0 Å². The fourth-order valence-electron chi connectivity index (χ4n) is 1.64. The van der Waals surface area contributed by atoms with Crippen molar-refractivity contribution in [3.63, 3.8) is 0 Å². The molecule has 7 heteroatoms. The number of carbonyl (C=O) groups is 1. The zero-order valence-electron chi connectivity index (χ0n) is 12.0. The van der Waals surface area contributed by atoms with E-state index in [1.54, 1.807) is 10.7 Å². The zero-order chi connectivity index (χ0) is 14.5. The predicted octanol–water partition coefficient (Wildman–Crippen LogP) is 2.64. The van der Waals surface area contributed by atoms with E-state index < -0.39 is 0 Å². The van der Waals surface area contributed by atoms with Gasteiger partial charge in [0.15, 0.2) is 0 Å². The maximum Gasteiger partial charge on any atom is 0.322 e. The third-order valence-electron chi connectivity index (χ3n) is 2.79. The fourth-order valence-corrected chi connectivity index (χ4v) is 1.64. The summed E-state index contributed by atoms with van der Waals surface area (Å²) in [6.07, 6.45) is 4.11. The third kappa shape index (κ3) is 3.43. The lowest BCUT2D eigenvalue weighted by atomic mass is 10.2. The van der Waals surface area contributed by atoms with Crippen molar-refractivity contribution >= 4 is 11.9 Å². The molecule has 2 rings (SSSR count). The van der Waals surface area contributed by atoms with Gasteiger partial charge >= 0.3 is 6.01 Å². The Morgan fingerprint density at radius 2 is 2.25 bits per heavy atom. The Balaban J connectivity index is 2.02. The zero-order valence-corrected chi connectivity index (χ0v) is 12.0. The van der Waals surface area contributed by atoms with E-state index in [0.29, 0.717) is 18.0 Å². The van der Waals surface area contributed by atoms with Crippen LogP contribution in [-0.2, 0) is 4.79 Å². The molecule has 0 bridgehead atoms. The Labute approximate surface area is 117 Å². The van der Waals surface area contributed by atoms with Crippen LogP contribution in [0.4, 0.5) is 6.01 Å². The molecule has 0 atom stereocenters. The van der Waals surface area contributed by atoms with Crippen molar-refractivity contribution in [3.05, 3.63) is 12.3 Å². The number of nitrogens with one attached hydrogen (secondary N) is 1. The highest BCUT2D eigenvalue weighted by Gasteiger charge is 2.13. The van der Waals surface area contributed by atoms with Crippen LogP contribution in [0, 0.1) is 0 Å². The van der Waals surface area contributed by atoms with Crippen molar-refractivity contribution in [1.82, 2.24) is 20.0 Å². The van der Waals surface area contributed by atoms with E-state index in [-0.39, 0.29) is 18.0 Å². The van der Waals surface area contributed by atoms with E-state index in [2.05, 4.69) is 20.6 Å². The summed E-state index contributed by atoms with van der Waals surface area (Å²) >= 11 is 0. The van der Waals surface area contributed by atoms with Crippen LogP contribution in [0.1, 0.15) is 46.1 Å². The number of amides is 1. The second kappa shape index (κ2) is 6.31. The van der Waals surface area contributed by atoms with Crippen molar-refractivity contribution in [3.8, 4) is 11.6 Å². The highest BCUT2D eigenvalue weighted by atomic mass is 16.4. The van der Waals surface area contributed by atoms with Gasteiger partial charge in [-0.05, 0) is 26.3 Å². The van der Waals surface area contributed by atoms with Gasteiger partial charge in [-0.25, -0.2) is 0 Å². The first kappa shape index (κ1) is 14.2. The van der Waals surface area contributed by atoms with Crippen molar-refractivity contribution in [1.29, 1.82) is 0 Å². The molecular formula is C13H19N5O2. The summed E-state index contributed by atoms with van der Waals surface area (Å²) in [5, 5.41) is 14.6. The van der Waals surface area contributed by atoms with Crippen LogP contribution < -0.4 is 5.32 Å². The normalized spacial score (nSPS) is 11.0. The standard InChI is InChI=1S/C13H19N5O2/c1-4-5-6-11(19)14-13-16-15-12(20-13)10-7-8-18(17-10)9(2)3/h7-9H,4-6H2,1-3H3,(H,14,16,19). The minimum Gasteiger partial charge on any atom is -0.401 e. The molecule has 1 amide bonds. The largest absolute Gasteiger partial charge is 0.401 e. The molecule has 0 aliphatic rings. The topological polar surface area (TPSA) is 85.8 Å². The van der Waals surface area contributed by atoms with Crippen molar-refractivity contribution < 1.29 is 9.21 Å². The smallest absolute Gasteiger partial charge is 0.322 e. The summed E-state index contributed by atoms with van der Waals surface area (Å²) in [7, 11) is 0. The monoisotopic (exact) mass is 277 g/mol. The van der Waals surface area contributed by atoms with Gasteiger partial charge in [-0.2, -0.15) is 5.10 Å². The van der Waals surface area contributed by atoms with Gasteiger partial charge in [-0.15, -0.1) is 5.10 Å². The quantitative estimate of drug-likeness (QED) is 0.877. The molecule has 0 aliphatic carbocycles. The number of aromatic nitrogens is 4. The lowest BCUT2D eigenvalue weighted by Gasteiger charge is -2.02. The summed E-state index contributed by atoms with van der Waals surface area (Å²) in [6.45, 7) is 6.09. The number of rotatable bonds is 6. The van der Waals surface area contributed by atoms with Gasteiger partial charge < -0.3 is 4.42 Å². The van der Waals surface area contributed by atoms with Crippen LogP contribution in [0.3, 0.4) is 0 Å². The number of hydrogen-bond acceptors (Lipinski definition) is 5. The Morgan fingerprint density at radius 1 is 1.45 bits per heavy atom. The van der Waals surface area contributed by atoms with Crippen LogP contribution >= 0.6 is 0 Å². The summed E-state index contributed by atoms with van der Waals surface area (Å²) in [4.78, 5) is 11.6. The lowest BCUT2D eigenvalue weighted by molar-refractivity contribution is -0.116. The molecule has 1 N–H and O–H groups in total.